The van der Waals surface area contributed by atoms with Gasteiger partial charge in [-0.1, -0.05) is 36.8 Å². The maximum atomic E-state index is 13.1. The summed E-state index contributed by atoms with van der Waals surface area (Å²) in [5, 5.41) is 2.99. The molecule has 6 nitrogen and oxygen atoms in total. The number of amides is 2. The second-order valence-corrected chi connectivity index (χ2v) is 9.06. The van der Waals surface area contributed by atoms with Crippen molar-refractivity contribution in [1.29, 1.82) is 0 Å². The average Bonchev–Trinajstić information content (AvgIpc) is 2.73. The van der Waals surface area contributed by atoms with Gasteiger partial charge in [0.25, 0.3) is 0 Å². The van der Waals surface area contributed by atoms with Crippen LogP contribution in [0.4, 0.5) is 0 Å². The van der Waals surface area contributed by atoms with E-state index in [-0.39, 0.29) is 11.8 Å². The number of hydrogen-bond donors (Lipinski definition) is 2. The highest BCUT2D eigenvalue weighted by Crippen LogP contribution is 2.42. The summed E-state index contributed by atoms with van der Waals surface area (Å²) >= 11 is 0. The Morgan fingerprint density at radius 1 is 1.00 bits per heavy atom. The molecule has 3 N–H and O–H groups in total. The quantitative estimate of drug-likeness (QED) is 0.790. The minimum absolute atomic E-state index is 0.0442. The van der Waals surface area contributed by atoms with Crippen molar-refractivity contribution in [3.8, 4) is 0 Å². The second-order valence-electron chi connectivity index (χ2n) is 9.06. The second kappa shape index (κ2) is 9.26. The number of carbonyl (C=O) groups is 2. The molecule has 2 aliphatic carbocycles. The van der Waals surface area contributed by atoms with E-state index in [0.29, 0.717) is 36.9 Å². The fraction of sp³-hybridized carbons (Fsp3) is 0.652. The molecule has 2 atom stereocenters. The Balaban J connectivity index is 1.20. The number of fused-ring (bicyclic) bond motifs is 2. The molecule has 29 heavy (non-hydrogen) atoms. The van der Waals surface area contributed by atoms with E-state index in [1.54, 1.807) is 0 Å². The highest BCUT2D eigenvalue weighted by molar-refractivity contribution is 5.79. The third-order valence-electron chi connectivity index (χ3n) is 7.15. The van der Waals surface area contributed by atoms with E-state index in [0.717, 1.165) is 44.6 Å². The van der Waals surface area contributed by atoms with Crippen molar-refractivity contribution in [3.05, 3.63) is 35.9 Å². The van der Waals surface area contributed by atoms with Gasteiger partial charge < -0.3 is 16.0 Å². The first-order chi connectivity index (χ1) is 14.1. The highest BCUT2D eigenvalue weighted by Gasteiger charge is 2.41. The maximum absolute atomic E-state index is 13.1. The minimum Gasteiger partial charge on any atom is -0.351 e. The van der Waals surface area contributed by atoms with Crippen LogP contribution < -0.4 is 11.1 Å². The third-order valence-corrected chi connectivity index (χ3v) is 7.15. The van der Waals surface area contributed by atoms with Gasteiger partial charge in [0.1, 0.15) is 0 Å². The molecule has 1 aromatic carbocycles. The standard InChI is InChI=1S/C23H34N4O2/c24-22-18-7-4-8-19(22)14-20(13-18)23(29)27-11-9-26(10-12-27)16-21(28)25-15-17-5-2-1-3-6-17/h1-3,5-6,18-20,22H,4,7-16,24H2,(H,25,28). The van der Waals surface area contributed by atoms with Gasteiger partial charge in [0.15, 0.2) is 0 Å². The highest BCUT2D eigenvalue weighted by atomic mass is 16.2. The van der Waals surface area contributed by atoms with Gasteiger partial charge in [-0.3, -0.25) is 14.5 Å². The maximum Gasteiger partial charge on any atom is 0.234 e. The topological polar surface area (TPSA) is 78.7 Å². The number of nitrogens with two attached hydrogens (primary N) is 1. The first-order valence-corrected chi connectivity index (χ1v) is 11.2. The number of nitrogens with one attached hydrogen (secondary N) is 1. The van der Waals surface area contributed by atoms with Crippen LogP contribution in [0.1, 0.15) is 37.7 Å². The molecule has 1 aromatic rings. The van der Waals surface area contributed by atoms with Gasteiger partial charge in [0.2, 0.25) is 11.8 Å². The fourth-order valence-corrected chi connectivity index (χ4v) is 5.43. The number of rotatable bonds is 5. The lowest BCUT2D eigenvalue weighted by Gasteiger charge is -2.45. The molecule has 3 fully saturated rings. The molecule has 0 aromatic heterocycles. The molecular weight excluding hydrogens is 364 g/mol. The van der Waals surface area contributed by atoms with Crippen LogP contribution in [-0.2, 0) is 16.1 Å². The Labute approximate surface area is 173 Å². The average molecular weight is 399 g/mol. The van der Waals surface area contributed by atoms with Crippen molar-refractivity contribution in [3.63, 3.8) is 0 Å². The molecule has 158 valence electrons. The Kier molecular flexibility index (Phi) is 6.50. The van der Waals surface area contributed by atoms with Crippen molar-refractivity contribution < 1.29 is 9.59 Å². The van der Waals surface area contributed by atoms with Gasteiger partial charge in [-0.2, -0.15) is 0 Å². The summed E-state index contributed by atoms with van der Waals surface area (Å²) in [4.78, 5) is 29.5. The number of nitrogens with zero attached hydrogens (tertiary/aromatic N) is 2. The number of hydrogen-bond acceptors (Lipinski definition) is 4. The Morgan fingerprint density at radius 3 is 2.31 bits per heavy atom. The Hall–Kier alpha value is -1.92. The number of piperazine rings is 1. The van der Waals surface area contributed by atoms with E-state index in [9.17, 15) is 9.59 Å². The largest absolute Gasteiger partial charge is 0.351 e. The van der Waals surface area contributed by atoms with Crippen molar-refractivity contribution in [1.82, 2.24) is 15.1 Å². The van der Waals surface area contributed by atoms with E-state index >= 15 is 0 Å². The van der Waals surface area contributed by atoms with Crippen LogP contribution in [0.15, 0.2) is 30.3 Å². The Bertz CT molecular complexity index is 688. The fourth-order valence-electron chi connectivity index (χ4n) is 5.43. The normalized spacial score (nSPS) is 30.0. The van der Waals surface area contributed by atoms with Gasteiger partial charge in [-0.25, -0.2) is 0 Å². The molecule has 2 amide bonds. The molecule has 3 aliphatic rings. The summed E-state index contributed by atoms with van der Waals surface area (Å²) in [5.74, 6) is 1.59. The predicted octanol–water partition coefficient (Wildman–Crippen LogP) is 1.60. The first-order valence-electron chi connectivity index (χ1n) is 11.2. The Morgan fingerprint density at radius 2 is 1.66 bits per heavy atom. The van der Waals surface area contributed by atoms with Crippen LogP contribution in [0.3, 0.4) is 0 Å². The molecule has 2 bridgehead atoms. The summed E-state index contributed by atoms with van der Waals surface area (Å²) in [6, 6.07) is 10.3. The minimum atomic E-state index is 0.0442. The zero-order valence-electron chi connectivity index (χ0n) is 17.3. The molecule has 0 spiro atoms. The lowest BCUT2D eigenvalue weighted by atomic mass is 9.65. The van der Waals surface area contributed by atoms with Crippen LogP contribution in [0.25, 0.3) is 0 Å². The predicted molar refractivity (Wildman–Crippen MR) is 113 cm³/mol. The van der Waals surface area contributed by atoms with Crippen LogP contribution in [0.5, 0.6) is 0 Å². The lowest BCUT2D eigenvalue weighted by Crippen LogP contribution is -2.54. The smallest absolute Gasteiger partial charge is 0.234 e. The molecular formula is C23H34N4O2. The van der Waals surface area contributed by atoms with E-state index in [4.69, 9.17) is 5.73 Å². The SMILES string of the molecule is NC1C2CCCC1CC(C(=O)N1CCN(CC(=O)NCc3ccccc3)CC1)C2. The van der Waals surface area contributed by atoms with Crippen LogP contribution in [-0.4, -0.2) is 60.4 Å². The molecule has 2 saturated carbocycles. The zero-order valence-corrected chi connectivity index (χ0v) is 17.3. The van der Waals surface area contributed by atoms with Gasteiger partial charge in [0.05, 0.1) is 6.54 Å². The first kappa shape index (κ1) is 20.4. The van der Waals surface area contributed by atoms with Crippen molar-refractivity contribution >= 4 is 11.8 Å². The summed E-state index contributed by atoms with van der Waals surface area (Å²) in [7, 11) is 0. The number of carbonyl (C=O) groups excluding carboxylic acids is 2. The molecule has 1 heterocycles. The molecule has 1 aliphatic heterocycles. The van der Waals surface area contributed by atoms with Crippen molar-refractivity contribution in [2.45, 2.75) is 44.7 Å². The lowest BCUT2D eigenvalue weighted by molar-refractivity contribution is -0.140. The summed E-state index contributed by atoms with van der Waals surface area (Å²) < 4.78 is 0. The van der Waals surface area contributed by atoms with Crippen LogP contribution in [0, 0.1) is 17.8 Å². The van der Waals surface area contributed by atoms with Crippen molar-refractivity contribution in [2.24, 2.45) is 23.5 Å². The van der Waals surface area contributed by atoms with E-state index in [1.165, 1.54) is 19.3 Å². The third kappa shape index (κ3) is 4.98. The van der Waals surface area contributed by atoms with Gasteiger partial charge >= 0.3 is 0 Å². The van der Waals surface area contributed by atoms with E-state index < -0.39 is 0 Å². The van der Waals surface area contributed by atoms with Crippen molar-refractivity contribution in [2.75, 3.05) is 32.7 Å². The van der Waals surface area contributed by atoms with Gasteiger partial charge in [-0.05, 0) is 43.1 Å². The molecule has 0 radical (unpaired) electrons. The van der Waals surface area contributed by atoms with Gasteiger partial charge in [-0.15, -0.1) is 0 Å². The zero-order chi connectivity index (χ0) is 20.2. The van der Waals surface area contributed by atoms with E-state index in [1.807, 2.05) is 35.2 Å². The van der Waals surface area contributed by atoms with Gasteiger partial charge in [0, 0.05) is 44.7 Å². The summed E-state index contributed by atoms with van der Waals surface area (Å²) in [5.41, 5.74) is 7.49. The monoisotopic (exact) mass is 398 g/mol. The van der Waals surface area contributed by atoms with E-state index in [2.05, 4.69) is 10.2 Å². The molecule has 6 heteroatoms. The summed E-state index contributed by atoms with van der Waals surface area (Å²) in [6.07, 6.45) is 5.59. The molecule has 2 unspecified atom stereocenters. The van der Waals surface area contributed by atoms with Crippen LogP contribution >= 0.6 is 0 Å². The van der Waals surface area contributed by atoms with Crippen LogP contribution in [0.2, 0.25) is 0 Å². The molecule has 1 saturated heterocycles. The molecule has 4 rings (SSSR count). The summed E-state index contributed by atoms with van der Waals surface area (Å²) in [6.45, 7) is 3.94. The number of benzene rings is 1.